The SMILES string of the molecule is O=C(NNC(=O)N1CCN(C(=O)Nc2ccccc2)CC1)c1cccs1. The van der Waals surface area contributed by atoms with Gasteiger partial charge in [0.1, 0.15) is 0 Å². The molecule has 2 heterocycles. The first-order valence-corrected chi connectivity index (χ1v) is 9.01. The van der Waals surface area contributed by atoms with E-state index in [1.54, 1.807) is 27.3 Å². The van der Waals surface area contributed by atoms with E-state index in [9.17, 15) is 14.4 Å². The highest BCUT2D eigenvalue weighted by atomic mass is 32.1. The molecule has 1 saturated heterocycles. The molecule has 0 bridgehead atoms. The Morgan fingerprint density at radius 2 is 1.46 bits per heavy atom. The summed E-state index contributed by atoms with van der Waals surface area (Å²) in [7, 11) is 0. The van der Waals surface area contributed by atoms with E-state index >= 15 is 0 Å². The van der Waals surface area contributed by atoms with Crippen molar-refractivity contribution in [1.29, 1.82) is 0 Å². The summed E-state index contributed by atoms with van der Waals surface area (Å²) in [5.74, 6) is -0.353. The molecule has 2 aromatic rings. The van der Waals surface area contributed by atoms with E-state index in [4.69, 9.17) is 0 Å². The average molecular weight is 373 g/mol. The van der Waals surface area contributed by atoms with E-state index in [-0.39, 0.29) is 11.9 Å². The number of hydrogen-bond donors (Lipinski definition) is 3. The van der Waals surface area contributed by atoms with Crippen LogP contribution in [0.15, 0.2) is 47.8 Å². The van der Waals surface area contributed by atoms with Crippen molar-refractivity contribution in [3.8, 4) is 0 Å². The second-order valence-corrected chi connectivity index (χ2v) is 6.58. The number of thiophene rings is 1. The van der Waals surface area contributed by atoms with Crippen LogP contribution in [-0.4, -0.2) is 53.9 Å². The third kappa shape index (κ3) is 4.51. The highest BCUT2D eigenvalue weighted by Gasteiger charge is 2.24. The van der Waals surface area contributed by atoms with Crippen LogP contribution in [-0.2, 0) is 0 Å². The second kappa shape index (κ2) is 8.34. The van der Waals surface area contributed by atoms with Gasteiger partial charge in [0, 0.05) is 31.9 Å². The van der Waals surface area contributed by atoms with Crippen LogP contribution in [0.25, 0.3) is 0 Å². The van der Waals surface area contributed by atoms with Crippen LogP contribution in [0.2, 0.25) is 0 Å². The van der Waals surface area contributed by atoms with Crippen molar-refractivity contribution in [1.82, 2.24) is 20.7 Å². The fourth-order valence-electron chi connectivity index (χ4n) is 2.50. The first-order valence-electron chi connectivity index (χ1n) is 8.13. The molecule has 1 aromatic heterocycles. The molecule has 0 unspecified atom stereocenters. The third-order valence-corrected chi connectivity index (χ3v) is 4.78. The normalized spacial score (nSPS) is 13.8. The molecule has 136 valence electrons. The largest absolute Gasteiger partial charge is 0.336 e. The van der Waals surface area contributed by atoms with Gasteiger partial charge >= 0.3 is 12.1 Å². The van der Waals surface area contributed by atoms with Crippen molar-refractivity contribution in [2.45, 2.75) is 0 Å². The minimum atomic E-state index is -0.391. The van der Waals surface area contributed by atoms with Crippen LogP contribution >= 0.6 is 11.3 Å². The summed E-state index contributed by atoms with van der Waals surface area (Å²) >= 11 is 1.29. The molecule has 0 aliphatic carbocycles. The molecule has 1 aliphatic heterocycles. The number of benzene rings is 1. The Morgan fingerprint density at radius 3 is 2.08 bits per heavy atom. The fraction of sp³-hybridized carbons (Fsp3) is 0.235. The standard InChI is InChI=1S/C17H19N5O3S/c23-15(14-7-4-12-26-14)19-20-17(25)22-10-8-21(9-11-22)16(24)18-13-5-2-1-3-6-13/h1-7,12H,8-11H2,(H,18,24)(H,19,23)(H,20,25). The van der Waals surface area contributed by atoms with Crippen LogP contribution < -0.4 is 16.2 Å². The molecule has 9 heteroatoms. The lowest BCUT2D eigenvalue weighted by Gasteiger charge is -2.34. The summed E-state index contributed by atoms with van der Waals surface area (Å²) in [5, 5.41) is 4.61. The first-order chi connectivity index (χ1) is 12.6. The molecule has 26 heavy (non-hydrogen) atoms. The third-order valence-electron chi connectivity index (χ3n) is 3.91. The molecule has 0 radical (unpaired) electrons. The van der Waals surface area contributed by atoms with Gasteiger partial charge in [0.05, 0.1) is 4.88 Å². The summed E-state index contributed by atoms with van der Waals surface area (Å²) < 4.78 is 0. The van der Waals surface area contributed by atoms with Crippen molar-refractivity contribution >= 4 is 35.0 Å². The molecular weight excluding hydrogens is 354 g/mol. The van der Waals surface area contributed by atoms with Gasteiger partial charge in [0.2, 0.25) is 0 Å². The lowest BCUT2D eigenvalue weighted by molar-refractivity contribution is 0.0929. The number of carbonyl (C=O) groups is 3. The Balaban J connectivity index is 1.42. The molecule has 3 N–H and O–H groups in total. The maximum absolute atomic E-state index is 12.2. The molecule has 1 aromatic carbocycles. The maximum Gasteiger partial charge on any atom is 0.336 e. The highest BCUT2D eigenvalue weighted by molar-refractivity contribution is 7.12. The Bertz CT molecular complexity index is 758. The molecule has 1 fully saturated rings. The minimum absolute atomic E-state index is 0.192. The van der Waals surface area contributed by atoms with Crippen LogP contribution in [0.3, 0.4) is 0 Å². The van der Waals surface area contributed by atoms with Gasteiger partial charge in [-0.3, -0.25) is 10.2 Å². The molecule has 1 aliphatic rings. The number of anilines is 1. The van der Waals surface area contributed by atoms with E-state index in [2.05, 4.69) is 16.2 Å². The Labute approximate surface area is 154 Å². The zero-order chi connectivity index (χ0) is 18.4. The van der Waals surface area contributed by atoms with Crippen LogP contribution in [0.5, 0.6) is 0 Å². The van der Waals surface area contributed by atoms with Gasteiger partial charge in [0.15, 0.2) is 0 Å². The van der Waals surface area contributed by atoms with Gasteiger partial charge in [-0.2, -0.15) is 0 Å². The molecule has 5 amide bonds. The number of amides is 5. The van der Waals surface area contributed by atoms with E-state index in [1.165, 1.54) is 11.3 Å². The molecule has 8 nitrogen and oxygen atoms in total. The van der Waals surface area contributed by atoms with Gasteiger partial charge in [-0.15, -0.1) is 11.3 Å². The smallest absolute Gasteiger partial charge is 0.321 e. The highest BCUT2D eigenvalue weighted by Crippen LogP contribution is 2.09. The number of carbonyl (C=O) groups excluding carboxylic acids is 3. The predicted molar refractivity (Wildman–Crippen MR) is 98.9 cm³/mol. The zero-order valence-electron chi connectivity index (χ0n) is 14.0. The van der Waals surface area contributed by atoms with Crippen LogP contribution in [0.4, 0.5) is 15.3 Å². The Kier molecular flexibility index (Phi) is 5.69. The lowest BCUT2D eigenvalue weighted by atomic mass is 10.3. The average Bonchev–Trinajstić information content (AvgIpc) is 3.21. The van der Waals surface area contributed by atoms with Gasteiger partial charge in [0.25, 0.3) is 5.91 Å². The summed E-state index contributed by atoms with van der Waals surface area (Å²) in [6.07, 6.45) is 0. The Hall–Kier alpha value is -3.07. The topological polar surface area (TPSA) is 93.8 Å². The number of rotatable bonds is 2. The minimum Gasteiger partial charge on any atom is -0.321 e. The summed E-state index contributed by atoms with van der Waals surface area (Å²) in [6, 6.07) is 12.1. The van der Waals surface area contributed by atoms with Gasteiger partial charge in [-0.1, -0.05) is 24.3 Å². The number of nitrogens with one attached hydrogen (secondary N) is 3. The summed E-state index contributed by atoms with van der Waals surface area (Å²) in [4.78, 5) is 39.9. The summed E-state index contributed by atoms with van der Waals surface area (Å²) in [5.41, 5.74) is 5.52. The van der Waals surface area contributed by atoms with E-state index in [0.717, 1.165) is 5.69 Å². The molecule has 0 spiro atoms. The Morgan fingerprint density at radius 1 is 0.808 bits per heavy atom. The van der Waals surface area contributed by atoms with Crippen molar-refractivity contribution < 1.29 is 14.4 Å². The van der Waals surface area contributed by atoms with Gasteiger partial charge in [-0.25, -0.2) is 15.0 Å². The number of hydrogen-bond acceptors (Lipinski definition) is 4. The van der Waals surface area contributed by atoms with Crippen molar-refractivity contribution in [3.63, 3.8) is 0 Å². The van der Waals surface area contributed by atoms with E-state index < -0.39 is 6.03 Å². The lowest BCUT2D eigenvalue weighted by Crippen LogP contribution is -2.56. The van der Waals surface area contributed by atoms with Gasteiger partial charge in [-0.05, 0) is 23.6 Å². The number of urea groups is 2. The number of piperazine rings is 1. The van der Waals surface area contributed by atoms with Crippen molar-refractivity contribution in [2.75, 3.05) is 31.5 Å². The van der Waals surface area contributed by atoms with Gasteiger partial charge < -0.3 is 15.1 Å². The fourth-order valence-corrected chi connectivity index (χ4v) is 3.11. The van der Waals surface area contributed by atoms with E-state index in [1.807, 2.05) is 30.3 Å². The first kappa shape index (κ1) is 17.7. The predicted octanol–water partition coefficient (Wildman–Crippen LogP) is 1.95. The molecule has 0 atom stereocenters. The molecular formula is C17H19N5O3S. The van der Waals surface area contributed by atoms with Crippen molar-refractivity contribution in [3.05, 3.63) is 52.7 Å². The maximum atomic E-state index is 12.2. The van der Waals surface area contributed by atoms with Crippen LogP contribution in [0, 0.1) is 0 Å². The second-order valence-electron chi connectivity index (χ2n) is 5.63. The zero-order valence-corrected chi connectivity index (χ0v) is 14.8. The van der Waals surface area contributed by atoms with Crippen LogP contribution in [0.1, 0.15) is 9.67 Å². The number of nitrogens with zero attached hydrogens (tertiary/aromatic N) is 2. The van der Waals surface area contributed by atoms with Crippen molar-refractivity contribution in [2.24, 2.45) is 0 Å². The molecule has 3 rings (SSSR count). The molecule has 0 saturated carbocycles. The summed E-state index contributed by atoms with van der Waals surface area (Å²) in [6.45, 7) is 1.63. The quantitative estimate of drug-likeness (QED) is 0.703. The number of para-hydroxylation sites is 1. The monoisotopic (exact) mass is 373 g/mol. The van der Waals surface area contributed by atoms with E-state index in [0.29, 0.717) is 31.1 Å². The number of hydrazine groups is 1.